The van der Waals surface area contributed by atoms with Crippen LogP contribution in [0.1, 0.15) is 56.2 Å². The van der Waals surface area contributed by atoms with Gasteiger partial charge < -0.3 is 9.47 Å². The molecule has 2 amide bonds. The predicted molar refractivity (Wildman–Crippen MR) is 145 cm³/mol. The summed E-state index contributed by atoms with van der Waals surface area (Å²) in [6, 6.07) is 13.9. The van der Waals surface area contributed by atoms with Crippen LogP contribution in [0.25, 0.3) is 0 Å². The Morgan fingerprint density at radius 3 is 2.26 bits per heavy atom. The molecule has 3 aliphatic rings. The van der Waals surface area contributed by atoms with E-state index in [2.05, 4.69) is 4.90 Å². The highest BCUT2D eigenvalue weighted by Gasteiger charge is 2.71. The van der Waals surface area contributed by atoms with Crippen molar-refractivity contribution in [3.05, 3.63) is 65.2 Å². The molecule has 11 heteroatoms. The van der Waals surface area contributed by atoms with E-state index in [0.29, 0.717) is 38.5 Å². The molecule has 0 aromatic heterocycles. The highest BCUT2D eigenvalue weighted by atomic mass is 19.4. The van der Waals surface area contributed by atoms with Crippen LogP contribution in [0.5, 0.6) is 0 Å². The fourth-order valence-corrected chi connectivity index (χ4v) is 6.77. The predicted octanol–water partition coefficient (Wildman–Crippen LogP) is 4.85. The number of benzene rings is 2. The zero-order valence-corrected chi connectivity index (χ0v) is 23.4. The van der Waals surface area contributed by atoms with Crippen LogP contribution in [-0.2, 0) is 36.6 Å². The number of amides is 2. The first-order valence-corrected chi connectivity index (χ1v) is 14.0. The maximum atomic E-state index is 13.6. The molecule has 5 rings (SSSR count). The number of hydrogen-bond donors (Lipinski definition) is 0. The van der Waals surface area contributed by atoms with Crippen LogP contribution in [-0.4, -0.2) is 53.5 Å². The van der Waals surface area contributed by atoms with Crippen LogP contribution in [0.4, 0.5) is 18.9 Å². The number of nitriles is 1. The molecule has 3 aliphatic heterocycles. The minimum atomic E-state index is -4.82. The molecule has 0 saturated carbocycles. The minimum absolute atomic E-state index is 0.199. The summed E-state index contributed by atoms with van der Waals surface area (Å²) in [5.41, 5.74) is -3.04. The van der Waals surface area contributed by atoms with E-state index in [4.69, 9.17) is 14.7 Å². The number of nitrogens with zero attached hydrogens (tertiary/aromatic N) is 3. The summed E-state index contributed by atoms with van der Waals surface area (Å²) in [6.45, 7) is 5.26. The Labute approximate surface area is 242 Å². The monoisotopic (exact) mass is 583 g/mol. The molecule has 42 heavy (non-hydrogen) atoms. The summed E-state index contributed by atoms with van der Waals surface area (Å²) in [5, 5.41) is 9.11. The number of unbranched alkanes of at least 4 members (excludes halogenated alkanes) is 2. The molecule has 222 valence electrons. The number of rotatable bonds is 9. The zero-order chi connectivity index (χ0) is 30.3. The fourth-order valence-electron chi connectivity index (χ4n) is 6.77. The van der Waals surface area contributed by atoms with E-state index in [1.54, 1.807) is 13.8 Å². The van der Waals surface area contributed by atoms with Crippen molar-refractivity contribution < 1.29 is 37.0 Å². The Kier molecular flexibility index (Phi) is 7.89. The topological polar surface area (TPSA) is 99.9 Å². The summed E-state index contributed by atoms with van der Waals surface area (Å²) >= 11 is 0. The molecule has 3 heterocycles. The molecule has 4 atom stereocenters. The van der Waals surface area contributed by atoms with Gasteiger partial charge in [-0.3, -0.25) is 19.3 Å². The number of imide groups is 1. The Bertz CT molecular complexity index is 1390. The third kappa shape index (κ3) is 5.53. The molecule has 2 aromatic carbocycles. The van der Waals surface area contributed by atoms with Crippen molar-refractivity contribution >= 4 is 23.5 Å². The average Bonchev–Trinajstić information content (AvgIpc) is 3.31. The SMILES string of the molecule is C[C@]12CN(CCCCCC(=O)OCc3ccccc3)C[C@](C)(O1)[C@@H]1C(=O)N(c3ccc(C#N)c(C(F)(F)F)c3)C(=O)C12. The van der Waals surface area contributed by atoms with E-state index < -0.39 is 52.2 Å². The van der Waals surface area contributed by atoms with Gasteiger partial charge in [-0.25, -0.2) is 4.90 Å². The lowest BCUT2D eigenvalue weighted by Crippen LogP contribution is -2.58. The van der Waals surface area contributed by atoms with Gasteiger partial charge in [0.05, 0.1) is 45.9 Å². The molecule has 3 fully saturated rings. The van der Waals surface area contributed by atoms with Gasteiger partial charge in [-0.2, -0.15) is 18.4 Å². The van der Waals surface area contributed by atoms with Crippen molar-refractivity contribution in [3.63, 3.8) is 0 Å². The van der Waals surface area contributed by atoms with Crippen molar-refractivity contribution in [3.8, 4) is 6.07 Å². The number of fused-ring (bicyclic) bond motifs is 5. The molecular weight excluding hydrogens is 551 g/mol. The van der Waals surface area contributed by atoms with E-state index in [1.807, 2.05) is 30.3 Å². The lowest BCUT2D eigenvalue weighted by atomic mass is 9.79. The summed E-state index contributed by atoms with van der Waals surface area (Å²) < 4.78 is 52.4. The van der Waals surface area contributed by atoms with E-state index in [9.17, 15) is 27.6 Å². The van der Waals surface area contributed by atoms with E-state index in [1.165, 1.54) is 12.1 Å². The standard InChI is InChI=1S/C31H32F3N3O5/c1-29-18-36(14-8-4-7-11-24(38)41-17-20-9-5-3-6-10-20)19-30(2,42-29)26-25(29)27(39)37(28(26)40)22-13-12-21(16-35)23(15-22)31(32,33)34/h3,5-6,9-10,12-13,15,25-26H,4,7-8,11,14,17-19H2,1-2H3/t25-,26?,29-,30+/m0/s1. The van der Waals surface area contributed by atoms with Crippen molar-refractivity contribution in [2.75, 3.05) is 24.5 Å². The molecule has 0 N–H and O–H groups in total. The number of halogens is 3. The first-order valence-electron chi connectivity index (χ1n) is 14.0. The molecule has 2 bridgehead atoms. The first kappa shape index (κ1) is 29.7. The smallest absolute Gasteiger partial charge is 0.417 e. The Morgan fingerprint density at radius 2 is 1.67 bits per heavy atom. The quantitative estimate of drug-likeness (QED) is 0.236. The number of morpholine rings is 1. The molecule has 8 nitrogen and oxygen atoms in total. The second-order valence-electron chi connectivity index (χ2n) is 11.7. The van der Waals surface area contributed by atoms with Gasteiger partial charge in [0.2, 0.25) is 11.8 Å². The highest BCUT2D eigenvalue weighted by Crippen LogP contribution is 2.55. The number of hydrogen-bond acceptors (Lipinski definition) is 7. The third-order valence-electron chi connectivity index (χ3n) is 8.45. The third-order valence-corrected chi connectivity index (χ3v) is 8.45. The van der Waals surface area contributed by atoms with Crippen molar-refractivity contribution in [1.29, 1.82) is 5.26 Å². The lowest BCUT2D eigenvalue weighted by molar-refractivity contribution is -0.169. The van der Waals surface area contributed by atoms with Gasteiger partial charge >= 0.3 is 12.1 Å². The minimum Gasteiger partial charge on any atom is -0.461 e. The largest absolute Gasteiger partial charge is 0.461 e. The average molecular weight is 584 g/mol. The summed E-state index contributed by atoms with van der Waals surface area (Å²) in [5.74, 6) is -3.12. The molecule has 0 aliphatic carbocycles. The van der Waals surface area contributed by atoms with Crippen molar-refractivity contribution in [2.24, 2.45) is 11.8 Å². The summed E-state index contributed by atoms with van der Waals surface area (Å²) in [6.07, 6.45) is -2.23. The van der Waals surface area contributed by atoms with Crippen LogP contribution >= 0.6 is 0 Å². The zero-order valence-electron chi connectivity index (χ0n) is 23.4. The number of carbonyl (C=O) groups is 3. The first-order chi connectivity index (χ1) is 19.9. The normalized spacial score (nSPS) is 27.2. The van der Waals surface area contributed by atoms with Gasteiger partial charge in [0.15, 0.2) is 0 Å². The molecular formula is C31H32F3N3O5. The second kappa shape index (κ2) is 11.2. The van der Waals surface area contributed by atoms with Crippen LogP contribution in [0.3, 0.4) is 0 Å². The van der Waals surface area contributed by atoms with E-state index in [-0.39, 0.29) is 18.3 Å². The van der Waals surface area contributed by atoms with Gasteiger partial charge in [0.1, 0.15) is 6.61 Å². The lowest BCUT2D eigenvalue weighted by Gasteiger charge is -2.45. The molecule has 1 unspecified atom stereocenters. The van der Waals surface area contributed by atoms with Gasteiger partial charge in [0, 0.05) is 19.5 Å². The molecule has 0 spiro atoms. The van der Waals surface area contributed by atoms with Crippen molar-refractivity contribution in [2.45, 2.75) is 63.5 Å². The van der Waals surface area contributed by atoms with Gasteiger partial charge in [-0.1, -0.05) is 36.8 Å². The van der Waals surface area contributed by atoms with Crippen LogP contribution in [0, 0.1) is 23.2 Å². The summed E-state index contributed by atoms with van der Waals surface area (Å²) in [7, 11) is 0. The van der Waals surface area contributed by atoms with E-state index in [0.717, 1.165) is 29.4 Å². The van der Waals surface area contributed by atoms with Gasteiger partial charge in [-0.05, 0) is 57.0 Å². The number of likely N-dealkylation sites (tertiary alicyclic amines) is 1. The Balaban J connectivity index is 1.19. The second-order valence-corrected chi connectivity index (χ2v) is 11.7. The number of anilines is 1. The summed E-state index contributed by atoms with van der Waals surface area (Å²) in [4.78, 5) is 42.3. The number of carbonyl (C=O) groups excluding carboxylic acids is 3. The number of esters is 1. The van der Waals surface area contributed by atoms with Gasteiger partial charge in [0.25, 0.3) is 0 Å². The Morgan fingerprint density at radius 1 is 1.02 bits per heavy atom. The number of alkyl halides is 3. The maximum Gasteiger partial charge on any atom is 0.417 e. The van der Waals surface area contributed by atoms with Crippen LogP contribution in [0.15, 0.2) is 48.5 Å². The van der Waals surface area contributed by atoms with Crippen LogP contribution in [0.2, 0.25) is 0 Å². The Hall–Kier alpha value is -3.75. The maximum absolute atomic E-state index is 13.6. The van der Waals surface area contributed by atoms with Gasteiger partial charge in [-0.15, -0.1) is 0 Å². The van der Waals surface area contributed by atoms with E-state index >= 15 is 0 Å². The molecule has 0 radical (unpaired) electrons. The molecule has 3 saturated heterocycles. The number of ether oxygens (including phenoxy) is 2. The van der Waals surface area contributed by atoms with Crippen LogP contribution < -0.4 is 4.90 Å². The fraction of sp³-hybridized carbons (Fsp3) is 0.484. The highest BCUT2D eigenvalue weighted by molar-refractivity contribution is 6.23. The molecule has 2 aromatic rings. The van der Waals surface area contributed by atoms with Crippen molar-refractivity contribution in [1.82, 2.24) is 4.90 Å².